The van der Waals surface area contributed by atoms with Gasteiger partial charge in [0.2, 0.25) is 0 Å². The molecule has 0 saturated heterocycles. The molecule has 0 aliphatic carbocycles. The van der Waals surface area contributed by atoms with Crippen molar-refractivity contribution in [2.24, 2.45) is 0 Å². The van der Waals surface area contributed by atoms with Crippen molar-refractivity contribution in [3.05, 3.63) is 0 Å². The Hall–Kier alpha value is -0.330. The van der Waals surface area contributed by atoms with Gasteiger partial charge < -0.3 is 15.5 Å². The van der Waals surface area contributed by atoms with Crippen molar-refractivity contribution in [1.29, 1.82) is 0 Å². The molecule has 0 aliphatic heterocycles. The van der Waals surface area contributed by atoms with Gasteiger partial charge in [-0.05, 0) is 13.3 Å². The summed E-state index contributed by atoms with van der Waals surface area (Å²) in [5.41, 5.74) is -0.772. The topological polar surface area (TPSA) is 52.5 Å². The summed E-state index contributed by atoms with van der Waals surface area (Å²) in [5, 5.41) is 20.0. The standard InChI is InChI=1S/C8H16F3NO2/c1-3-7(2,5-13)12-4-6(14)8(9,10)11/h6,12-14H,3-5H2,1-2H3. The van der Waals surface area contributed by atoms with E-state index < -0.39 is 24.4 Å². The Morgan fingerprint density at radius 2 is 1.86 bits per heavy atom. The van der Waals surface area contributed by atoms with E-state index in [1.54, 1.807) is 13.8 Å². The SMILES string of the molecule is CCC(C)(CO)NCC(O)C(F)(F)F. The maximum absolute atomic E-state index is 11.9. The van der Waals surface area contributed by atoms with Crippen LogP contribution in [-0.4, -0.2) is 41.2 Å². The highest BCUT2D eigenvalue weighted by Crippen LogP contribution is 2.20. The minimum absolute atomic E-state index is 0.270. The second kappa shape index (κ2) is 4.95. The number of alkyl halides is 3. The Morgan fingerprint density at radius 1 is 1.36 bits per heavy atom. The molecule has 2 unspecified atom stereocenters. The summed E-state index contributed by atoms with van der Waals surface area (Å²) < 4.78 is 35.6. The Morgan fingerprint density at radius 3 is 2.14 bits per heavy atom. The van der Waals surface area contributed by atoms with Crippen LogP contribution < -0.4 is 5.32 Å². The lowest BCUT2D eigenvalue weighted by Crippen LogP contribution is -2.50. The summed E-state index contributed by atoms with van der Waals surface area (Å²) >= 11 is 0. The number of halogens is 3. The summed E-state index contributed by atoms with van der Waals surface area (Å²) in [4.78, 5) is 0. The van der Waals surface area contributed by atoms with Gasteiger partial charge in [-0.1, -0.05) is 6.92 Å². The fourth-order valence-electron chi connectivity index (χ4n) is 0.752. The Bertz CT molecular complexity index is 168. The third-order valence-corrected chi connectivity index (χ3v) is 2.23. The molecule has 0 bridgehead atoms. The zero-order valence-corrected chi connectivity index (χ0v) is 8.23. The van der Waals surface area contributed by atoms with E-state index in [1.165, 1.54) is 0 Å². The highest BCUT2D eigenvalue weighted by Gasteiger charge is 2.38. The second-order valence-electron chi connectivity index (χ2n) is 3.51. The van der Waals surface area contributed by atoms with E-state index in [0.29, 0.717) is 6.42 Å². The van der Waals surface area contributed by atoms with Crippen molar-refractivity contribution >= 4 is 0 Å². The molecule has 0 spiro atoms. The van der Waals surface area contributed by atoms with Crippen molar-refractivity contribution in [2.45, 2.75) is 38.1 Å². The summed E-state index contributed by atoms with van der Waals surface area (Å²) in [7, 11) is 0. The molecule has 0 heterocycles. The molecule has 0 fully saturated rings. The van der Waals surface area contributed by atoms with Crippen molar-refractivity contribution in [2.75, 3.05) is 13.2 Å². The van der Waals surface area contributed by atoms with Gasteiger partial charge in [0.05, 0.1) is 6.61 Å². The van der Waals surface area contributed by atoms with Gasteiger partial charge in [0.25, 0.3) is 0 Å². The second-order valence-corrected chi connectivity index (χ2v) is 3.51. The quantitative estimate of drug-likeness (QED) is 0.631. The fourth-order valence-corrected chi connectivity index (χ4v) is 0.752. The van der Waals surface area contributed by atoms with Crippen LogP contribution in [0.1, 0.15) is 20.3 Å². The molecule has 86 valence electrons. The van der Waals surface area contributed by atoms with E-state index in [9.17, 15) is 13.2 Å². The minimum atomic E-state index is -4.61. The minimum Gasteiger partial charge on any atom is -0.394 e. The molecular formula is C8H16F3NO2. The van der Waals surface area contributed by atoms with E-state index in [4.69, 9.17) is 10.2 Å². The van der Waals surface area contributed by atoms with Crippen LogP contribution in [0, 0.1) is 0 Å². The lowest BCUT2D eigenvalue weighted by molar-refractivity contribution is -0.203. The van der Waals surface area contributed by atoms with Crippen LogP contribution in [-0.2, 0) is 0 Å². The van der Waals surface area contributed by atoms with Gasteiger partial charge in [-0.3, -0.25) is 0 Å². The van der Waals surface area contributed by atoms with Crippen LogP contribution in [0.3, 0.4) is 0 Å². The van der Waals surface area contributed by atoms with E-state index in [-0.39, 0.29) is 6.61 Å². The van der Waals surface area contributed by atoms with Gasteiger partial charge in [0, 0.05) is 12.1 Å². The molecule has 0 aliphatic rings. The van der Waals surface area contributed by atoms with Crippen LogP contribution in [0.15, 0.2) is 0 Å². The van der Waals surface area contributed by atoms with Crippen molar-refractivity contribution in [3.8, 4) is 0 Å². The van der Waals surface area contributed by atoms with Gasteiger partial charge in [0.15, 0.2) is 6.10 Å². The van der Waals surface area contributed by atoms with Crippen LogP contribution in [0.5, 0.6) is 0 Å². The Labute approximate surface area is 80.9 Å². The van der Waals surface area contributed by atoms with E-state index in [1.807, 2.05) is 0 Å². The number of hydrogen-bond acceptors (Lipinski definition) is 3. The number of rotatable bonds is 5. The summed E-state index contributed by atoms with van der Waals surface area (Å²) in [5.74, 6) is 0. The lowest BCUT2D eigenvalue weighted by atomic mass is 10.00. The van der Waals surface area contributed by atoms with E-state index >= 15 is 0 Å². The third-order valence-electron chi connectivity index (χ3n) is 2.23. The average molecular weight is 215 g/mol. The third kappa shape index (κ3) is 4.26. The molecular weight excluding hydrogens is 199 g/mol. The molecule has 0 saturated carbocycles. The van der Waals surface area contributed by atoms with Crippen LogP contribution in [0.25, 0.3) is 0 Å². The highest BCUT2D eigenvalue weighted by molar-refractivity contribution is 4.82. The first-order chi connectivity index (χ1) is 6.25. The number of β-amino-alcohol motifs (C(OH)–C–C–N with tert-alkyl or cyclic N) is 1. The Kier molecular flexibility index (Phi) is 4.83. The zero-order chi connectivity index (χ0) is 11.4. The number of aliphatic hydroxyl groups excluding tert-OH is 2. The van der Waals surface area contributed by atoms with Crippen molar-refractivity contribution < 1.29 is 23.4 Å². The zero-order valence-electron chi connectivity index (χ0n) is 8.23. The van der Waals surface area contributed by atoms with Gasteiger partial charge in [-0.25, -0.2) is 0 Å². The smallest absolute Gasteiger partial charge is 0.394 e. The van der Waals surface area contributed by atoms with Gasteiger partial charge in [-0.15, -0.1) is 0 Å². The predicted molar refractivity (Wildman–Crippen MR) is 45.8 cm³/mol. The molecule has 0 radical (unpaired) electrons. The van der Waals surface area contributed by atoms with Crippen LogP contribution >= 0.6 is 0 Å². The molecule has 0 aromatic heterocycles. The summed E-state index contributed by atoms with van der Waals surface area (Å²) in [6.07, 6.45) is -6.52. The predicted octanol–water partition coefficient (Wildman–Crippen LogP) is 0.660. The van der Waals surface area contributed by atoms with Crippen LogP contribution in [0.4, 0.5) is 13.2 Å². The molecule has 14 heavy (non-hydrogen) atoms. The van der Waals surface area contributed by atoms with E-state index in [0.717, 1.165) is 0 Å². The summed E-state index contributed by atoms with van der Waals surface area (Å²) in [6.45, 7) is 2.46. The largest absolute Gasteiger partial charge is 0.415 e. The monoisotopic (exact) mass is 215 g/mol. The maximum atomic E-state index is 11.9. The van der Waals surface area contributed by atoms with Gasteiger partial charge in [-0.2, -0.15) is 13.2 Å². The molecule has 0 rings (SSSR count). The van der Waals surface area contributed by atoms with Gasteiger partial charge in [0.1, 0.15) is 0 Å². The average Bonchev–Trinajstić information content (AvgIpc) is 2.12. The molecule has 0 amide bonds. The first kappa shape index (κ1) is 13.7. The highest BCUT2D eigenvalue weighted by atomic mass is 19.4. The number of nitrogens with one attached hydrogen (secondary N) is 1. The molecule has 6 heteroatoms. The lowest BCUT2D eigenvalue weighted by Gasteiger charge is -2.29. The first-order valence-corrected chi connectivity index (χ1v) is 4.36. The molecule has 0 aromatic rings. The molecule has 3 N–H and O–H groups in total. The number of aliphatic hydroxyl groups is 2. The van der Waals surface area contributed by atoms with Gasteiger partial charge >= 0.3 is 6.18 Å². The molecule has 2 atom stereocenters. The van der Waals surface area contributed by atoms with E-state index in [2.05, 4.69) is 5.32 Å². The van der Waals surface area contributed by atoms with Crippen molar-refractivity contribution in [3.63, 3.8) is 0 Å². The molecule has 3 nitrogen and oxygen atoms in total. The first-order valence-electron chi connectivity index (χ1n) is 4.36. The normalized spacial score (nSPS) is 19.1. The maximum Gasteiger partial charge on any atom is 0.415 e. The fraction of sp³-hybridized carbons (Fsp3) is 1.00. The van der Waals surface area contributed by atoms with Crippen LogP contribution in [0.2, 0.25) is 0 Å². The molecule has 0 aromatic carbocycles. The number of hydrogen-bond donors (Lipinski definition) is 3. The summed E-state index contributed by atoms with van der Waals surface area (Å²) in [6, 6.07) is 0. The Balaban J connectivity index is 4.05. The van der Waals surface area contributed by atoms with Crippen molar-refractivity contribution in [1.82, 2.24) is 5.32 Å².